The summed E-state index contributed by atoms with van der Waals surface area (Å²) in [6.45, 7) is 0. The molecule has 2 heterocycles. The van der Waals surface area contributed by atoms with Crippen molar-refractivity contribution in [2.45, 2.75) is 0 Å². The van der Waals surface area contributed by atoms with E-state index in [4.69, 9.17) is 4.74 Å². The Kier molecular flexibility index (Phi) is 3.61. The highest BCUT2D eigenvalue weighted by Crippen LogP contribution is 2.24. The zero-order valence-electron chi connectivity index (χ0n) is 13.0. The van der Waals surface area contributed by atoms with Gasteiger partial charge < -0.3 is 10.1 Å². The van der Waals surface area contributed by atoms with E-state index >= 15 is 0 Å². The normalized spacial score (nSPS) is 10.7. The first kappa shape index (κ1) is 14.8. The molecule has 0 aliphatic heterocycles. The minimum atomic E-state index is -0.409. The molecule has 3 aromatic rings. The van der Waals surface area contributed by atoms with Crippen molar-refractivity contribution in [3.8, 4) is 5.75 Å². The Morgan fingerprint density at radius 2 is 1.91 bits per heavy atom. The van der Waals surface area contributed by atoms with Crippen LogP contribution >= 0.6 is 0 Å². The number of methoxy groups -OCH3 is 1. The van der Waals surface area contributed by atoms with Crippen molar-refractivity contribution in [3.05, 3.63) is 57.4 Å². The van der Waals surface area contributed by atoms with Gasteiger partial charge in [0.15, 0.2) is 5.65 Å². The number of hydrogen-bond donors (Lipinski definition) is 1. The van der Waals surface area contributed by atoms with Gasteiger partial charge in [-0.05, 0) is 18.2 Å². The van der Waals surface area contributed by atoms with Gasteiger partial charge in [-0.25, -0.2) is 9.78 Å². The molecular weight excluding hydrogens is 296 g/mol. The predicted octanol–water partition coefficient (Wildman–Crippen LogP) is 1.38. The molecule has 118 valence electrons. The number of pyridine rings is 1. The molecule has 7 heteroatoms. The summed E-state index contributed by atoms with van der Waals surface area (Å²) in [5.41, 5.74) is 0.897. The van der Waals surface area contributed by atoms with Gasteiger partial charge in [0.1, 0.15) is 11.1 Å². The second kappa shape index (κ2) is 5.60. The van der Waals surface area contributed by atoms with E-state index in [0.29, 0.717) is 22.5 Å². The van der Waals surface area contributed by atoms with Crippen LogP contribution in [-0.4, -0.2) is 21.2 Å². The largest absolute Gasteiger partial charge is 0.497 e. The van der Waals surface area contributed by atoms with E-state index in [1.54, 1.807) is 26.4 Å². The Hall–Kier alpha value is -3.09. The maximum absolute atomic E-state index is 12.5. The lowest BCUT2D eigenvalue weighted by Crippen LogP contribution is -2.37. The number of aromatic nitrogens is 3. The van der Waals surface area contributed by atoms with E-state index in [2.05, 4.69) is 10.3 Å². The summed E-state index contributed by atoms with van der Waals surface area (Å²) in [6.07, 6.45) is 1.56. The molecular formula is C16H16N4O3. The van der Waals surface area contributed by atoms with E-state index < -0.39 is 5.69 Å². The molecule has 0 amide bonds. The van der Waals surface area contributed by atoms with Gasteiger partial charge in [-0.15, -0.1) is 0 Å². The zero-order valence-corrected chi connectivity index (χ0v) is 13.0. The fraction of sp³-hybridized carbons (Fsp3) is 0.188. The van der Waals surface area contributed by atoms with E-state index in [-0.39, 0.29) is 5.56 Å². The van der Waals surface area contributed by atoms with Gasteiger partial charge in [0.2, 0.25) is 0 Å². The first-order valence-corrected chi connectivity index (χ1v) is 6.98. The van der Waals surface area contributed by atoms with Crippen LogP contribution < -0.4 is 21.3 Å². The highest BCUT2D eigenvalue weighted by molar-refractivity contribution is 5.90. The van der Waals surface area contributed by atoms with Crippen LogP contribution in [0, 0.1) is 0 Å². The number of benzene rings is 1. The van der Waals surface area contributed by atoms with Crippen LogP contribution in [0.5, 0.6) is 5.75 Å². The molecule has 0 atom stereocenters. The molecule has 23 heavy (non-hydrogen) atoms. The molecule has 0 unspecified atom stereocenters. The summed E-state index contributed by atoms with van der Waals surface area (Å²) in [6, 6.07) is 9.06. The van der Waals surface area contributed by atoms with Gasteiger partial charge in [0, 0.05) is 32.0 Å². The van der Waals surface area contributed by atoms with E-state index in [1.807, 2.05) is 24.3 Å². The molecule has 1 N–H and O–H groups in total. The van der Waals surface area contributed by atoms with Gasteiger partial charge in [0.05, 0.1) is 12.8 Å². The van der Waals surface area contributed by atoms with Crippen molar-refractivity contribution in [1.82, 2.24) is 14.1 Å². The molecule has 0 saturated carbocycles. The van der Waals surface area contributed by atoms with Crippen LogP contribution in [0.25, 0.3) is 11.0 Å². The minimum Gasteiger partial charge on any atom is -0.497 e. The Bertz CT molecular complexity index is 1000. The van der Waals surface area contributed by atoms with Gasteiger partial charge in [-0.2, -0.15) is 0 Å². The number of hydrogen-bond acceptors (Lipinski definition) is 5. The lowest BCUT2D eigenvalue weighted by Gasteiger charge is -2.12. The third-order valence-electron chi connectivity index (χ3n) is 3.69. The van der Waals surface area contributed by atoms with E-state index in [1.165, 1.54) is 11.6 Å². The fourth-order valence-corrected chi connectivity index (χ4v) is 2.45. The number of anilines is 2. The monoisotopic (exact) mass is 312 g/mol. The highest BCUT2D eigenvalue weighted by atomic mass is 16.5. The number of fused-ring (bicyclic) bond motifs is 1. The maximum Gasteiger partial charge on any atom is 0.332 e. The topological polar surface area (TPSA) is 78.2 Å². The summed E-state index contributed by atoms with van der Waals surface area (Å²) < 4.78 is 7.62. The van der Waals surface area contributed by atoms with Crippen molar-refractivity contribution < 1.29 is 4.74 Å². The standard InChI is InChI=1S/C16H16N4O3/c1-19-14-13(15(21)20(2)16(19)22)12(7-8-17-14)18-10-5-4-6-11(9-10)23-3/h4-9H,1-3H3,(H,17,18). The molecule has 7 nitrogen and oxygen atoms in total. The summed E-state index contributed by atoms with van der Waals surface area (Å²) >= 11 is 0. The van der Waals surface area contributed by atoms with Crippen LogP contribution in [0.4, 0.5) is 11.4 Å². The maximum atomic E-state index is 12.5. The Labute approximate surface area is 131 Å². The first-order chi connectivity index (χ1) is 11.0. The summed E-state index contributed by atoms with van der Waals surface area (Å²) in [4.78, 5) is 28.7. The Balaban J connectivity index is 2.22. The third kappa shape index (κ3) is 2.46. The van der Waals surface area contributed by atoms with Crippen LogP contribution in [0.3, 0.4) is 0 Å². The molecule has 0 fully saturated rings. The minimum absolute atomic E-state index is 0.339. The highest BCUT2D eigenvalue weighted by Gasteiger charge is 2.13. The smallest absolute Gasteiger partial charge is 0.332 e. The lowest BCUT2D eigenvalue weighted by atomic mass is 10.2. The van der Waals surface area contributed by atoms with Gasteiger partial charge in [-0.3, -0.25) is 13.9 Å². The average molecular weight is 312 g/mol. The van der Waals surface area contributed by atoms with Crippen LogP contribution in [0.1, 0.15) is 0 Å². The fourth-order valence-electron chi connectivity index (χ4n) is 2.45. The van der Waals surface area contributed by atoms with Crippen LogP contribution in [-0.2, 0) is 14.1 Å². The molecule has 0 aliphatic carbocycles. The summed E-state index contributed by atoms with van der Waals surface area (Å²) in [5.74, 6) is 0.702. The molecule has 3 rings (SSSR count). The Morgan fingerprint density at radius 1 is 1.13 bits per heavy atom. The molecule has 0 radical (unpaired) electrons. The quantitative estimate of drug-likeness (QED) is 0.790. The summed E-state index contributed by atoms with van der Waals surface area (Å²) in [5, 5.41) is 3.55. The number of nitrogens with one attached hydrogen (secondary N) is 1. The SMILES string of the molecule is COc1cccc(Nc2ccnc3c2c(=O)n(C)c(=O)n3C)c1. The number of nitrogens with zero attached hydrogens (tertiary/aromatic N) is 3. The molecule has 2 aromatic heterocycles. The predicted molar refractivity (Wildman–Crippen MR) is 88.5 cm³/mol. The second-order valence-corrected chi connectivity index (χ2v) is 5.12. The second-order valence-electron chi connectivity index (χ2n) is 5.12. The van der Waals surface area contributed by atoms with Crippen molar-refractivity contribution in [2.24, 2.45) is 14.1 Å². The van der Waals surface area contributed by atoms with Gasteiger partial charge in [0.25, 0.3) is 5.56 Å². The Morgan fingerprint density at radius 3 is 2.65 bits per heavy atom. The van der Waals surface area contributed by atoms with E-state index in [9.17, 15) is 9.59 Å². The number of aryl methyl sites for hydroxylation is 1. The first-order valence-electron chi connectivity index (χ1n) is 6.98. The third-order valence-corrected chi connectivity index (χ3v) is 3.69. The number of rotatable bonds is 3. The zero-order chi connectivity index (χ0) is 16.6. The summed E-state index contributed by atoms with van der Waals surface area (Å²) in [7, 11) is 4.63. The van der Waals surface area contributed by atoms with Gasteiger partial charge in [-0.1, -0.05) is 6.07 Å². The molecule has 0 spiro atoms. The molecule has 1 aromatic carbocycles. The van der Waals surface area contributed by atoms with Crippen molar-refractivity contribution in [2.75, 3.05) is 12.4 Å². The average Bonchev–Trinajstić information content (AvgIpc) is 2.58. The molecule has 0 aliphatic rings. The lowest BCUT2D eigenvalue weighted by molar-refractivity contribution is 0.415. The van der Waals surface area contributed by atoms with E-state index in [0.717, 1.165) is 10.3 Å². The van der Waals surface area contributed by atoms with Gasteiger partial charge >= 0.3 is 5.69 Å². The molecule has 0 bridgehead atoms. The van der Waals surface area contributed by atoms with Crippen LogP contribution in [0.15, 0.2) is 46.1 Å². The number of ether oxygens (including phenoxy) is 1. The van der Waals surface area contributed by atoms with Crippen molar-refractivity contribution in [1.29, 1.82) is 0 Å². The van der Waals surface area contributed by atoms with Crippen molar-refractivity contribution in [3.63, 3.8) is 0 Å². The molecule has 0 saturated heterocycles. The van der Waals surface area contributed by atoms with Crippen LogP contribution in [0.2, 0.25) is 0 Å². The van der Waals surface area contributed by atoms with Crippen molar-refractivity contribution >= 4 is 22.4 Å².